The summed E-state index contributed by atoms with van der Waals surface area (Å²) in [7, 11) is 2.17. The van der Waals surface area contributed by atoms with E-state index in [9.17, 15) is 0 Å². The lowest BCUT2D eigenvalue weighted by atomic mass is 10.2. The molecule has 21 heavy (non-hydrogen) atoms. The fourth-order valence-electron chi connectivity index (χ4n) is 2.59. The normalized spacial score (nSPS) is 22.9. The van der Waals surface area contributed by atoms with E-state index in [-0.39, 0.29) is 0 Å². The number of guanidine groups is 1. The minimum Gasteiger partial charge on any atom is -0.354 e. The summed E-state index contributed by atoms with van der Waals surface area (Å²) in [6.45, 7) is 8.06. The number of anilines is 1. The molecule has 1 unspecified atom stereocenters. The molecule has 0 radical (unpaired) electrons. The number of likely N-dealkylation sites (N-methyl/N-ethyl adjacent to an activating group) is 1. The van der Waals surface area contributed by atoms with Gasteiger partial charge in [-0.1, -0.05) is 6.07 Å². The first-order chi connectivity index (χ1) is 10.2. The average Bonchev–Trinajstić information content (AvgIpc) is 2.92. The Hall–Kier alpha value is -1.82. The maximum Gasteiger partial charge on any atom is 0.191 e. The molecule has 3 rings (SSSR count). The van der Waals surface area contributed by atoms with Crippen LogP contribution in [0.1, 0.15) is 12.5 Å². The van der Waals surface area contributed by atoms with E-state index in [0.29, 0.717) is 6.04 Å². The molecule has 0 aliphatic carbocycles. The first-order valence-corrected chi connectivity index (χ1v) is 7.64. The van der Waals surface area contributed by atoms with Gasteiger partial charge in [0, 0.05) is 45.0 Å². The number of piperazine rings is 1. The summed E-state index contributed by atoms with van der Waals surface area (Å²) in [6, 6.07) is 4.70. The number of nitrogens with zero attached hydrogens (tertiary/aromatic N) is 4. The molecule has 1 atom stereocenters. The van der Waals surface area contributed by atoms with Gasteiger partial charge in [-0.05, 0) is 25.6 Å². The largest absolute Gasteiger partial charge is 0.354 e. The number of pyridine rings is 1. The van der Waals surface area contributed by atoms with Gasteiger partial charge in [0.2, 0.25) is 0 Å². The van der Waals surface area contributed by atoms with Gasteiger partial charge in [0.15, 0.2) is 5.96 Å². The van der Waals surface area contributed by atoms with E-state index in [0.717, 1.165) is 51.0 Å². The van der Waals surface area contributed by atoms with Gasteiger partial charge >= 0.3 is 0 Å². The van der Waals surface area contributed by atoms with Crippen LogP contribution >= 0.6 is 0 Å². The van der Waals surface area contributed by atoms with Crippen LogP contribution in [0.3, 0.4) is 0 Å². The van der Waals surface area contributed by atoms with Crippen LogP contribution in [0, 0.1) is 0 Å². The van der Waals surface area contributed by atoms with E-state index in [4.69, 9.17) is 0 Å². The lowest BCUT2D eigenvalue weighted by Gasteiger charge is -2.33. The smallest absolute Gasteiger partial charge is 0.191 e. The highest BCUT2D eigenvalue weighted by Gasteiger charge is 2.15. The zero-order valence-electron chi connectivity index (χ0n) is 12.8. The molecule has 3 heterocycles. The van der Waals surface area contributed by atoms with Crippen LogP contribution in [0.4, 0.5) is 5.82 Å². The molecule has 1 saturated heterocycles. The summed E-state index contributed by atoms with van der Waals surface area (Å²) in [5, 5.41) is 6.61. The number of hydrogen-bond acceptors (Lipinski definition) is 6. The second-order valence-electron chi connectivity index (χ2n) is 5.90. The number of aliphatic imine (C=N–C) groups is 1. The highest BCUT2D eigenvalue weighted by Crippen LogP contribution is 2.13. The topological polar surface area (TPSA) is 55.8 Å². The molecule has 1 fully saturated rings. The van der Waals surface area contributed by atoms with E-state index in [1.165, 1.54) is 5.56 Å². The molecule has 0 aromatic carbocycles. The summed E-state index contributed by atoms with van der Waals surface area (Å²) in [4.78, 5) is 13.7. The second-order valence-corrected chi connectivity index (χ2v) is 5.90. The molecule has 0 saturated carbocycles. The van der Waals surface area contributed by atoms with Crippen LogP contribution in [0.2, 0.25) is 0 Å². The van der Waals surface area contributed by atoms with Crippen LogP contribution in [0.25, 0.3) is 0 Å². The van der Waals surface area contributed by atoms with Crippen molar-refractivity contribution in [1.29, 1.82) is 0 Å². The van der Waals surface area contributed by atoms with Crippen molar-refractivity contribution in [3.8, 4) is 0 Å². The highest BCUT2D eigenvalue weighted by molar-refractivity contribution is 5.81. The molecule has 2 N–H and O–H groups in total. The van der Waals surface area contributed by atoms with Crippen LogP contribution in [0.15, 0.2) is 23.3 Å². The Morgan fingerprint density at radius 1 is 1.29 bits per heavy atom. The van der Waals surface area contributed by atoms with Crippen LogP contribution < -0.4 is 15.5 Å². The predicted octanol–water partition coefficient (Wildman–Crippen LogP) is 0.271. The molecule has 6 nitrogen and oxygen atoms in total. The van der Waals surface area contributed by atoms with Crippen molar-refractivity contribution < 1.29 is 0 Å². The first kappa shape index (κ1) is 14.1. The maximum absolute atomic E-state index is 4.59. The summed E-state index contributed by atoms with van der Waals surface area (Å²) in [5.41, 5.74) is 1.18. The average molecular weight is 288 g/mol. The van der Waals surface area contributed by atoms with E-state index in [2.05, 4.69) is 56.5 Å². The molecule has 0 bridgehead atoms. The van der Waals surface area contributed by atoms with Gasteiger partial charge in [-0.3, -0.25) is 4.99 Å². The van der Waals surface area contributed by atoms with Crippen molar-refractivity contribution in [2.24, 2.45) is 4.99 Å². The summed E-state index contributed by atoms with van der Waals surface area (Å²) >= 11 is 0. The molecule has 2 aliphatic heterocycles. The minimum atomic E-state index is 0.435. The monoisotopic (exact) mass is 288 g/mol. The van der Waals surface area contributed by atoms with E-state index in [1.54, 1.807) is 0 Å². The zero-order chi connectivity index (χ0) is 14.7. The molecule has 2 aliphatic rings. The fourth-order valence-corrected chi connectivity index (χ4v) is 2.59. The van der Waals surface area contributed by atoms with Crippen molar-refractivity contribution in [3.05, 3.63) is 23.9 Å². The van der Waals surface area contributed by atoms with Crippen molar-refractivity contribution in [2.75, 3.05) is 44.7 Å². The van der Waals surface area contributed by atoms with Gasteiger partial charge in [-0.2, -0.15) is 0 Å². The molecular weight excluding hydrogens is 264 g/mol. The van der Waals surface area contributed by atoms with Gasteiger partial charge < -0.3 is 20.4 Å². The lowest BCUT2D eigenvalue weighted by molar-refractivity contribution is 0.312. The number of nitrogens with one attached hydrogen (secondary N) is 2. The van der Waals surface area contributed by atoms with E-state index >= 15 is 0 Å². The highest BCUT2D eigenvalue weighted by atomic mass is 15.3. The third kappa shape index (κ3) is 3.64. The Balaban J connectivity index is 1.52. The zero-order valence-corrected chi connectivity index (χ0v) is 12.8. The molecule has 6 heteroatoms. The molecule has 1 aromatic rings. The molecule has 0 spiro atoms. The molecule has 114 valence electrons. The van der Waals surface area contributed by atoms with E-state index in [1.807, 2.05) is 6.20 Å². The Kier molecular flexibility index (Phi) is 4.24. The van der Waals surface area contributed by atoms with E-state index < -0.39 is 0 Å². The number of hydrogen-bond donors (Lipinski definition) is 2. The van der Waals surface area contributed by atoms with Gasteiger partial charge in [-0.15, -0.1) is 0 Å². The summed E-state index contributed by atoms with van der Waals surface area (Å²) < 4.78 is 0. The first-order valence-electron chi connectivity index (χ1n) is 7.64. The third-order valence-electron chi connectivity index (χ3n) is 4.00. The van der Waals surface area contributed by atoms with Crippen molar-refractivity contribution in [3.63, 3.8) is 0 Å². The van der Waals surface area contributed by atoms with Crippen molar-refractivity contribution in [2.45, 2.75) is 19.5 Å². The van der Waals surface area contributed by atoms with Crippen molar-refractivity contribution >= 4 is 11.8 Å². The van der Waals surface area contributed by atoms with Gasteiger partial charge in [-0.25, -0.2) is 4.98 Å². The Labute approximate surface area is 126 Å². The molecular formula is C15H24N6. The fraction of sp³-hybridized carbons (Fsp3) is 0.600. The van der Waals surface area contributed by atoms with Gasteiger partial charge in [0.1, 0.15) is 5.82 Å². The number of aromatic nitrogens is 1. The Morgan fingerprint density at radius 3 is 2.71 bits per heavy atom. The quantitative estimate of drug-likeness (QED) is 0.836. The molecule has 0 amide bonds. The van der Waals surface area contributed by atoms with Crippen LogP contribution in [0.5, 0.6) is 0 Å². The predicted molar refractivity (Wildman–Crippen MR) is 85.7 cm³/mol. The Bertz CT molecular complexity index is 489. The third-order valence-corrected chi connectivity index (χ3v) is 4.00. The van der Waals surface area contributed by atoms with Crippen molar-refractivity contribution in [1.82, 2.24) is 20.5 Å². The summed E-state index contributed by atoms with van der Waals surface area (Å²) in [5.74, 6) is 1.97. The summed E-state index contributed by atoms with van der Waals surface area (Å²) in [6.07, 6.45) is 1.96. The molecule has 1 aromatic heterocycles. The lowest BCUT2D eigenvalue weighted by Crippen LogP contribution is -2.44. The Morgan fingerprint density at radius 2 is 2.10 bits per heavy atom. The van der Waals surface area contributed by atoms with Gasteiger partial charge in [0.05, 0.1) is 6.54 Å². The van der Waals surface area contributed by atoms with Crippen LogP contribution in [-0.4, -0.2) is 61.7 Å². The van der Waals surface area contributed by atoms with Gasteiger partial charge in [0.25, 0.3) is 0 Å². The number of rotatable bonds is 3. The minimum absolute atomic E-state index is 0.435. The standard InChI is InChI=1S/C15H24N6/c1-12-9-17-15(19-12)18-11-13-3-4-14(16-10-13)21-7-5-20(2)6-8-21/h3-4,10,12H,5-9,11H2,1-2H3,(H2,17,18,19). The maximum atomic E-state index is 4.59. The second kappa shape index (κ2) is 6.30. The SMILES string of the molecule is CC1CN=C(NCc2ccc(N3CCN(C)CC3)nc2)N1. The van der Waals surface area contributed by atoms with Crippen LogP contribution in [-0.2, 0) is 6.54 Å².